The van der Waals surface area contributed by atoms with E-state index in [2.05, 4.69) is 4.90 Å². The third-order valence-electron chi connectivity index (χ3n) is 4.67. The van der Waals surface area contributed by atoms with Gasteiger partial charge in [-0.3, -0.25) is 4.90 Å². The topological polar surface area (TPSA) is 66.9 Å². The van der Waals surface area contributed by atoms with E-state index in [0.29, 0.717) is 38.3 Å². The maximum absolute atomic E-state index is 12.6. The molecule has 1 aliphatic rings. The average molecular weight is 388 g/mol. The van der Waals surface area contributed by atoms with E-state index in [4.69, 9.17) is 4.74 Å². The van der Waals surface area contributed by atoms with Gasteiger partial charge in [0, 0.05) is 32.7 Å². The molecule has 2 aromatic carbocycles. The molecule has 27 heavy (non-hydrogen) atoms. The fourth-order valence-electron chi connectivity index (χ4n) is 3.21. The lowest BCUT2D eigenvalue weighted by molar-refractivity contribution is 0.0600. The predicted octanol–water partition coefficient (Wildman–Crippen LogP) is 2.12. The minimum atomic E-state index is -3.31. The first-order valence-corrected chi connectivity index (χ1v) is 10.5. The van der Waals surface area contributed by atoms with E-state index >= 15 is 0 Å². The molecule has 0 saturated carbocycles. The average Bonchev–Trinajstić information content (AvgIpc) is 2.68. The van der Waals surface area contributed by atoms with E-state index < -0.39 is 10.0 Å². The highest BCUT2D eigenvalue weighted by Crippen LogP contribution is 2.16. The van der Waals surface area contributed by atoms with Crippen molar-refractivity contribution in [3.63, 3.8) is 0 Å². The zero-order chi connectivity index (χ0) is 19.3. The van der Waals surface area contributed by atoms with Crippen LogP contribution in [0.15, 0.2) is 54.6 Å². The van der Waals surface area contributed by atoms with Crippen LogP contribution in [0.25, 0.3) is 0 Å². The smallest absolute Gasteiger partial charge is 0.337 e. The van der Waals surface area contributed by atoms with Crippen LogP contribution in [0, 0.1) is 0 Å². The molecule has 0 aromatic heterocycles. The molecule has 3 rings (SSSR count). The van der Waals surface area contributed by atoms with Crippen molar-refractivity contribution in [2.45, 2.75) is 12.3 Å². The maximum Gasteiger partial charge on any atom is 0.337 e. The van der Waals surface area contributed by atoms with Crippen molar-refractivity contribution in [1.29, 1.82) is 0 Å². The summed E-state index contributed by atoms with van der Waals surface area (Å²) >= 11 is 0. The van der Waals surface area contributed by atoms with Gasteiger partial charge in [-0.05, 0) is 23.3 Å². The summed E-state index contributed by atoms with van der Waals surface area (Å²) in [4.78, 5) is 13.9. The fraction of sp³-hybridized carbons (Fsp3) is 0.350. The quantitative estimate of drug-likeness (QED) is 0.709. The first-order valence-electron chi connectivity index (χ1n) is 8.89. The Kier molecular flexibility index (Phi) is 6.26. The highest BCUT2D eigenvalue weighted by atomic mass is 32.2. The Labute approximate surface area is 160 Å². The van der Waals surface area contributed by atoms with Gasteiger partial charge in [0.05, 0.1) is 18.4 Å². The van der Waals surface area contributed by atoms with Crippen LogP contribution in [-0.4, -0.2) is 56.9 Å². The van der Waals surface area contributed by atoms with Crippen LogP contribution in [0.3, 0.4) is 0 Å². The maximum atomic E-state index is 12.6. The lowest BCUT2D eigenvalue weighted by Gasteiger charge is -2.34. The molecule has 0 aliphatic carbocycles. The Balaban J connectivity index is 1.57. The van der Waals surface area contributed by atoms with Crippen LogP contribution in [0.4, 0.5) is 0 Å². The van der Waals surface area contributed by atoms with E-state index in [1.807, 2.05) is 48.5 Å². The molecule has 2 aromatic rings. The van der Waals surface area contributed by atoms with Gasteiger partial charge in [-0.1, -0.05) is 42.5 Å². The van der Waals surface area contributed by atoms with Crippen molar-refractivity contribution in [1.82, 2.24) is 9.21 Å². The van der Waals surface area contributed by atoms with Gasteiger partial charge < -0.3 is 4.74 Å². The first-order chi connectivity index (χ1) is 13.0. The van der Waals surface area contributed by atoms with Crippen LogP contribution in [0.5, 0.6) is 0 Å². The Hall–Kier alpha value is -2.22. The monoisotopic (exact) mass is 388 g/mol. The molecule has 1 heterocycles. The Bertz CT molecular complexity index is 876. The molecular weight excluding hydrogens is 364 g/mol. The minimum Gasteiger partial charge on any atom is -0.465 e. The second-order valence-electron chi connectivity index (χ2n) is 6.61. The number of carbonyl (C=O) groups excluding carboxylic acids is 1. The van der Waals surface area contributed by atoms with E-state index in [0.717, 1.165) is 11.1 Å². The largest absolute Gasteiger partial charge is 0.465 e. The molecule has 0 atom stereocenters. The molecule has 0 bridgehead atoms. The summed E-state index contributed by atoms with van der Waals surface area (Å²) < 4.78 is 31.6. The summed E-state index contributed by atoms with van der Waals surface area (Å²) in [6.45, 7) is 2.96. The van der Waals surface area contributed by atoms with E-state index in [1.54, 1.807) is 10.4 Å². The van der Waals surface area contributed by atoms with Crippen LogP contribution in [-0.2, 0) is 27.1 Å². The number of esters is 1. The molecule has 0 spiro atoms. The summed E-state index contributed by atoms with van der Waals surface area (Å²) in [6.07, 6.45) is 0. The summed E-state index contributed by atoms with van der Waals surface area (Å²) in [6, 6.07) is 16.6. The van der Waals surface area contributed by atoms with Gasteiger partial charge in [-0.2, -0.15) is 4.31 Å². The molecule has 144 valence electrons. The number of carbonyl (C=O) groups is 1. The van der Waals surface area contributed by atoms with Crippen LogP contribution >= 0.6 is 0 Å². The van der Waals surface area contributed by atoms with Gasteiger partial charge in [0.25, 0.3) is 0 Å². The Morgan fingerprint density at radius 3 is 2.30 bits per heavy atom. The number of sulfonamides is 1. The summed E-state index contributed by atoms with van der Waals surface area (Å²) in [7, 11) is -1.94. The Morgan fingerprint density at radius 2 is 1.63 bits per heavy atom. The fourth-order valence-corrected chi connectivity index (χ4v) is 4.73. The van der Waals surface area contributed by atoms with Crippen LogP contribution < -0.4 is 0 Å². The van der Waals surface area contributed by atoms with Gasteiger partial charge in [-0.15, -0.1) is 0 Å². The molecule has 0 radical (unpaired) electrons. The predicted molar refractivity (Wildman–Crippen MR) is 104 cm³/mol. The second-order valence-corrected chi connectivity index (χ2v) is 8.58. The summed E-state index contributed by atoms with van der Waals surface area (Å²) in [5.41, 5.74) is 2.34. The van der Waals surface area contributed by atoms with E-state index in [9.17, 15) is 13.2 Å². The molecule has 0 amide bonds. The van der Waals surface area contributed by atoms with Crippen LogP contribution in [0.2, 0.25) is 0 Å². The summed E-state index contributed by atoms with van der Waals surface area (Å²) in [5, 5.41) is 0. The van der Waals surface area contributed by atoms with Gasteiger partial charge in [0.15, 0.2) is 0 Å². The SMILES string of the molecule is COC(=O)c1cccc(CN2CCN(S(=O)(=O)Cc3ccccc3)CC2)c1. The molecule has 0 N–H and O–H groups in total. The van der Waals surface area contributed by atoms with Gasteiger partial charge in [0.1, 0.15) is 0 Å². The lowest BCUT2D eigenvalue weighted by atomic mass is 10.1. The van der Waals surface area contributed by atoms with Crippen LogP contribution in [0.1, 0.15) is 21.5 Å². The van der Waals surface area contributed by atoms with E-state index in [1.165, 1.54) is 7.11 Å². The first kappa shape index (κ1) is 19.5. The van der Waals surface area contributed by atoms with Crippen molar-refractivity contribution in [3.8, 4) is 0 Å². The van der Waals surface area contributed by atoms with Crippen molar-refractivity contribution in [2.24, 2.45) is 0 Å². The van der Waals surface area contributed by atoms with Crippen molar-refractivity contribution in [3.05, 3.63) is 71.3 Å². The molecule has 6 nitrogen and oxygen atoms in total. The van der Waals surface area contributed by atoms with Crippen molar-refractivity contribution in [2.75, 3.05) is 33.3 Å². The normalized spacial score (nSPS) is 16.2. The van der Waals surface area contributed by atoms with Crippen molar-refractivity contribution >= 4 is 16.0 Å². The third kappa shape index (κ3) is 5.15. The van der Waals surface area contributed by atoms with E-state index in [-0.39, 0.29) is 11.7 Å². The number of nitrogens with zero attached hydrogens (tertiary/aromatic N) is 2. The number of benzene rings is 2. The lowest BCUT2D eigenvalue weighted by Crippen LogP contribution is -2.48. The number of hydrogen-bond donors (Lipinski definition) is 0. The number of hydrogen-bond acceptors (Lipinski definition) is 5. The zero-order valence-corrected chi connectivity index (χ0v) is 16.2. The number of piperazine rings is 1. The van der Waals surface area contributed by atoms with Crippen molar-refractivity contribution < 1.29 is 17.9 Å². The minimum absolute atomic E-state index is 0.0367. The van der Waals surface area contributed by atoms with Gasteiger partial charge in [-0.25, -0.2) is 13.2 Å². The molecule has 1 saturated heterocycles. The highest BCUT2D eigenvalue weighted by Gasteiger charge is 2.27. The third-order valence-corrected chi connectivity index (χ3v) is 6.52. The van der Waals surface area contributed by atoms with Gasteiger partial charge in [0.2, 0.25) is 10.0 Å². The number of rotatable bonds is 6. The highest BCUT2D eigenvalue weighted by molar-refractivity contribution is 7.88. The molecule has 1 aliphatic heterocycles. The Morgan fingerprint density at radius 1 is 0.963 bits per heavy atom. The molecular formula is C20H24N2O4S. The standard InChI is InChI=1S/C20H24N2O4S/c1-26-20(23)19-9-5-8-18(14-19)15-21-10-12-22(13-11-21)27(24,25)16-17-6-3-2-4-7-17/h2-9,14H,10-13,15-16H2,1H3. The number of methoxy groups -OCH3 is 1. The number of ether oxygens (including phenoxy) is 1. The summed E-state index contributed by atoms with van der Waals surface area (Å²) in [5.74, 6) is -0.316. The molecule has 1 fully saturated rings. The molecule has 7 heteroatoms. The second kappa shape index (κ2) is 8.65. The zero-order valence-electron chi connectivity index (χ0n) is 15.4. The molecule has 0 unspecified atom stereocenters. The van der Waals surface area contributed by atoms with Gasteiger partial charge >= 0.3 is 5.97 Å².